The number of hydrogen-bond donors (Lipinski definition) is 1. The third kappa shape index (κ3) is 3.61. The van der Waals surface area contributed by atoms with Crippen LogP contribution in [0.15, 0.2) is 48.5 Å². The number of rotatable bonds is 6. The highest BCUT2D eigenvalue weighted by molar-refractivity contribution is 5.64. The highest BCUT2D eigenvalue weighted by Crippen LogP contribution is 2.29. The maximum atomic E-state index is 14.5. The molecule has 2 aromatic rings. The van der Waals surface area contributed by atoms with E-state index in [9.17, 15) is 4.39 Å². The molecule has 0 fully saturated rings. The molecule has 0 aliphatic heterocycles. The number of para-hydroxylation sites is 1. The molecule has 2 aromatic carbocycles. The number of halogens is 1. The third-order valence-corrected chi connectivity index (χ3v) is 3.66. The minimum absolute atomic E-state index is 0.158. The van der Waals surface area contributed by atoms with Gasteiger partial charge in [0.05, 0.1) is 5.69 Å². The summed E-state index contributed by atoms with van der Waals surface area (Å²) in [5.41, 5.74) is 2.60. The van der Waals surface area contributed by atoms with E-state index in [1.54, 1.807) is 6.07 Å². The molecule has 0 aromatic heterocycles. The van der Waals surface area contributed by atoms with Gasteiger partial charge in [-0.3, -0.25) is 0 Å². The molecule has 0 radical (unpaired) electrons. The molecule has 0 spiro atoms. The summed E-state index contributed by atoms with van der Waals surface area (Å²) >= 11 is 0. The van der Waals surface area contributed by atoms with Gasteiger partial charge in [0.1, 0.15) is 5.82 Å². The highest BCUT2D eigenvalue weighted by Gasteiger charge is 2.14. The van der Waals surface area contributed by atoms with Gasteiger partial charge in [0.2, 0.25) is 0 Å². The maximum Gasteiger partial charge on any atom is 0.147 e. The molecule has 0 aliphatic carbocycles. The summed E-state index contributed by atoms with van der Waals surface area (Å²) in [6.07, 6.45) is 0. The molecular formula is C18H23FN2. The van der Waals surface area contributed by atoms with Crippen molar-refractivity contribution in [3.8, 4) is 0 Å². The summed E-state index contributed by atoms with van der Waals surface area (Å²) in [5, 5.41) is 3.30. The predicted molar refractivity (Wildman–Crippen MR) is 87.6 cm³/mol. The largest absolute Gasteiger partial charge is 0.339 e. The number of hydrogen-bond acceptors (Lipinski definition) is 2. The second-order valence-electron chi connectivity index (χ2n) is 5.07. The molecule has 0 bridgehead atoms. The van der Waals surface area contributed by atoms with Crippen LogP contribution in [0.2, 0.25) is 0 Å². The molecule has 0 aliphatic rings. The van der Waals surface area contributed by atoms with Gasteiger partial charge in [-0.25, -0.2) is 4.39 Å². The van der Waals surface area contributed by atoms with E-state index in [0.717, 1.165) is 24.3 Å². The van der Waals surface area contributed by atoms with Crippen LogP contribution in [0.5, 0.6) is 0 Å². The summed E-state index contributed by atoms with van der Waals surface area (Å²) in [5.74, 6) is -0.178. The van der Waals surface area contributed by atoms with Gasteiger partial charge in [-0.15, -0.1) is 0 Å². The van der Waals surface area contributed by atoms with E-state index in [1.807, 2.05) is 61.2 Å². The summed E-state index contributed by atoms with van der Waals surface area (Å²) in [7, 11) is 0. The molecular weight excluding hydrogens is 263 g/mol. The van der Waals surface area contributed by atoms with Gasteiger partial charge in [-0.2, -0.15) is 0 Å². The highest BCUT2D eigenvalue weighted by atomic mass is 19.1. The zero-order chi connectivity index (χ0) is 15.2. The Balaban J connectivity index is 2.31. The Bertz CT molecular complexity index is 569. The van der Waals surface area contributed by atoms with Crippen molar-refractivity contribution in [2.45, 2.75) is 26.8 Å². The fourth-order valence-corrected chi connectivity index (χ4v) is 2.54. The van der Waals surface area contributed by atoms with Crippen LogP contribution in [0.1, 0.15) is 32.4 Å². The zero-order valence-electron chi connectivity index (χ0n) is 12.9. The van der Waals surface area contributed by atoms with Crippen LogP contribution >= 0.6 is 0 Å². The lowest BCUT2D eigenvalue weighted by atomic mass is 10.1. The average Bonchev–Trinajstić information content (AvgIpc) is 2.51. The Morgan fingerprint density at radius 1 is 1.10 bits per heavy atom. The first-order valence-corrected chi connectivity index (χ1v) is 7.52. The van der Waals surface area contributed by atoms with Crippen molar-refractivity contribution < 1.29 is 4.39 Å². The normalized spacial score (nSPS) is 12.2. The number of anilines is 2. The van der Waals surface area contributed by atoms with Crippen LogP contribution in [0.25, 0.3) is 0 Å². The average molecular weight is 286 g/mol. The van der Waals surface area contributed by atoms with Crippen LogP contribution in [0.4, 0.5) is 15.8 Å². The van der Waals surface area contributed by atoms with E-state index in [-0.39, 0.29) is 11.9 Å². The van der Waals surface area contributed by atoms with Crippen LogP contribution in [-0.2, 0) is 0 Å². The first-order valence-electron chi connectivity index (χ1n) is 7.52. The van der Waals surface area contributed by atoms with Gasteiger partial charge >= 0.3 is 0 Å². The molecule has 2 rings (SSSR count). The van der Waals surface area contributed by atoms with Gasteiger partial charge in [0.25, 0.3) is 0 Å². The first kappa shape index (κ1) is 15.5. The lowest BCUT2D eigenvalue weighted by Gasteiger charge is -2.24. The SMILES string of the molecule is CCNC(C)c1ccc(N(CC)c2ccccc2)c(F)c1. The summed E-state index contributed by atoms with van der Waals surface area (Å²) in [6.45, 7) is 7.72. The fourth-order valence-electron chi connectivity index (χ4n) is 2.54. The number of nitrogens with one attached hydrogen (secondary N) is 1. The van der Waals surface area contributed by atoms with Crippen LogP contribution < -0.4 is 10.2 Å². The van der Waals surface area contributed by atoms with Crippen LogP contribution in [-0.4, -0.2) is 13.1 Å². The second-order valence-corrected chi connectivity index (χ2v) is 5.07. The molecule has 21 heavy (non-hydrogen) atoms. The Morgan fingerprint density at radius 3 is 2.38 bits per heavy atom. The van der Waals surface area contributed by atoms with E-state index in [2.05, 4.69) is 12.2 Å². The zero-order valence-corrected chi connectivity index (χ0v) is 12.9. The van der Waals surface area contributed by atoms with E-state index >= 15 is 0 Å². The molecule has 3 heteroatoms. The Labute approximate surface area is 126 Å². The van der Waals surface area contributed by atoms with E-state index in [0.29, 0.717) is 5.69 Å². The Morgan fingerprint density at radius 2 is 1.81 bits per heavy atom. The van der Waals surface area contributed by atoms with Gasteiger partial charge in [0.15, 0.2) is 0 Å². The molecule has 0 saturated heterocycles. The minimum atomic E-state index is -0.178. The van der Waals surface area contributed by atoms with E-state index in [4.69, 9.17) is 0 Å². The monoisotopic (exact) mass is 286 g/mol. The molecule has 1 atom stereocenters. The topological polar surface area (TPSA) is 15.3 Å². The van der Waals surface area contributed by atoms with Crippen molar-refractivity contribution in [2.24, 2.45) is 0 Å². The second kappa shape index (κ2) is 7.23. The van der Waals surface area contributed by atoms with Gasteiger partial charge in [-0.05, 0) is 50.2 Å². The Kier molecular flexibility index (Phi) is 5.34. The molecule has 112 valence electrons. The molecule has 0 heterocycles. The minimum Gasteiger partial charge on any atom is -0.339 e. The lowest BCUT2D eigenvalue weighted by molar-refractivity contribution is 0.582. The number of nitrogens with zero attached hydrogens (tertiary/aromatic N) is 1. The molecule has 1 unspecified atom stereocenters. The molecule has 0 amide bonds. The van der Waals surface area contributed by atoms with E-state index in [1.165, 1.54) is 0 Å². The lowest BCUT2D eigenvalue weighted by Crippen LogP contribution is -2.20. The van der Waals surface area contributed by atoms with Gasteiger partial charge in [-0.1, -0.05) is 31.2 Å². The van der Waals surface area contributed by atoms with Gasteiger partial charge in [0, 0.05) is 18.3 Å². The van der Waals surface area contributed by atoms with Crippen LogP contribution in [0, 0.1) is 5.82 Å². The maximum absolute atomic E-state index is 14.5. The van der Waals surface area contributed by atoms with Crippen molar-refractivity contribution in [2.75, 3.05) is 18.0 Å². The standard InChI is InChI=1S/C18H23FN2/c1-4-20-14(3)15-11-12-18(17(19)13-15)21(5-2)16-9-7-6-8-10-16/h6-14,20H,4-5H2,1-3H3. The molecule has 1 N–H and O–H groups in total. The summed E-state index contributed by atoms with van der Waals surface area (Å²) < 4.78 is 14.5. The van der Waals surface area contributed by atoms with Crippen molar-refractivity contribution in [1.82, 2.24) is 5.32 Å². The van der Waals surface area contributed by atoms with Crippen molar-refractivity contribution in [3.63, 3.8) is 0 Å². The Hall–Kier alpha value is -1.87. The summed E-state index contributed by atoms with van der Waals surface area (Å²) in [4.78, 5) is 1.98. The van der Waals surface area contributed by atoms with Crippen molar-refractivity contribution in [1.29, 1.82) is 0 Å². The van der Waals surface area contributed by atoms with Crippen LogP contribution in [0.3, 0.4) is 0 Å². The smallest absolute Gasteiger partial charge is 0.147 e. The quantitative estimate of drug-likeness (QED) is 0.831. The molecule has 2 nitrogen and oxygen atoms in total. The predicted octanol–water partition coefficient (Wildman–Crippen LogP) is 4.65. The van der Waals surface area contributed by atoms with Gasteiger partial charge < -0.3 is 10.2 Å². The van der Waals surface area contributed by atoms with Crippen molar-refractivity contribution >= 4 is 11.4 Å². The third-order valence-electron chi connectivity index (χ3n) is 3.66. The first-order chi connectivity index (χ1) is 10.2. The van der Waals surface area contributed by atoms with Crippen molar-refractivity contribution in [3.05, 3.63) is 59.9 Å². The van der Waals surface area contributed by atoms with E-state index < -0.39 is 0 Å². The fraction of sp³-hybridized carbons (Fsp3) is 0.333. The summed E-state index contributed by atoms with van der Waals surface area (Å²) in [6, 6.07) is 15.6. The number of benzene rings is 2. The molecule has 0 saturated carbocycles.